The standard InChI is InChI=1S/C34H32N2O2/c1-5-17-35-27(13-11-25-19-23(7-3)9-15-31(25)35)21-29-33(37)30(34(29)38)22-28-14-12-26-20-24(8-4)10-16-32(26)36(28)18-6-2/h7-16,19-22H,3-6,17-18H2,1-2H3/p+1. The first-order valence-corrected chi connectivity index (χ1v) is 13.2. The number of anilines is 1. The first kappa shape index (κ1) is 25.2. The van der Waals surface area contributed by atoms with Crippen LogP contribution >= 0.6 is 0 Å². The summed E-state index contributed by atoms with van der Waals surface area (Å²) in [6.45, 7) is 13.6. The zero-order valence-electron chi connectivity index (χ0n) is 22.1. The number of rotatable bonds is 8. The van der Waals surface area contributed by atoms with Gasteiger partial charge in [-0.3, -0.25) is 4.79 Å². The van der Waals surface area contributed by atoms with Gasteiger partial charge in [-0.1, -0.05) is 51.3 Å². The third kappa shape index (κ3) is 4.43. The minimum Gasteiger partial charge on any atom is -0.506 e. The number of Topliss-reactive ketones (excluding diaryl/α,β-unsaturated/α-hetero) is 1. The normalized spacial score (nSPS) is 16.8. The van der Waals surface area contributed by atoms with Crippen LogP contribution in [0.25, 0.3) is 35.2 Å². The number of benzene rings is 2. The zero-order chi connectivity index (χ0) is 26.8. The lowest BCUT2D eigenvalue weighted by Crippen LogP contribution is -2.38. The Morgan fingerprint density at radius 3 is 2.39 bits per heavy atom. The Balaban J connectivity index is 1.52. The summed E-state index contributed by atoms with van der Waals surface area (Å²) >= 11 is 0. The van der Waals surface area contributed by atoms with Crippen molar-refractivity contribution in [3.05, 3.63) is 119 Å². The predicted molar refractivity (Wildman–Crippen MR) is 158 cm³/mol. The smallest absolute Gasteiger partial charge is 0.212 e. The summed E-state index contributed by atoms with van der Waals surface area (Å²) in [6.07, 6.45) is 13.3. The van der Waals surface area contributed by atoms with Crippen LogP contribution in [-0.2, 0) is 11.3 Å². The number of aliphatic hydroxyl groups is 1. The van der Waals surface area contributed by atoms with E-state index in [1.807, 2.05) is 48.6 Å². The van der Waals surface area contributed by atoms with Crippen LogP contribution < -0.4 is 9.47 Å². The number of fused-ring (bicyclic) bond motifs is 2. The minimum atomic E-state index is -0.141. The quantitative estimate of drug-likeness (QED) is 0.258. The highest BCUT2D eigenvalue weighted by Crippen LogP contribution is 2.36. The van der Waals surface area contributed by atoms with Gasteiger partial charge >= 0.3 is 0 Å². The van der Waals surface area contributed by atoms with Crippen LogP contribution in [0.15, 0.2) is 96.4 Å². The van der Waals surface area contributed by atoms with Gasteiger partial charge in [-0.25, -0.2) is 0 Å². The molecule has 0 unspecified atom stereocenters. The van der Waals surface area contributed by atoms with E-state index in [9.17, 15) is 9.90 Å². The van der Waals surface area contributed by atoms with Gasteiger partial charge in [0.05, 0.1) is 11.1 Å². The number of hydrogen-bond acceptors (Lipinski definition) is 3. The molecule has 0 saturated carbocycles. The van der Waals surface area contributed by atoms with Crippen molar-refractivity contribution in [3.8, 4) is 0 Å². The molecule has 0 atom stereocenters. The number of pyridine rings is 1. The van der Waals surface area contributed by atoms with Gasteiger partial charge in [0.1, 0.15) is 12.3 Å². The fourth-order valence-corrected chi connectivity index (χ4v) is 5.17. The summed E-state index contributed by atoms with van der Waals surface area (Å²) in [5, 5.41) is 12.1. The van der Waals surface area contributed by atoms with Crippen LogP contribution in [0.2, 0.25) is 0 Å². The Morgan fingerprint density at radius 1 is 0.921 bits per heavy atom. The Morgan fingerprint density at radius 2 is 1.68 bits per heavy atom. The van der Waals surface area contributed by atoms with Gasteiger partial charge in [-0.05, 0) is 65.6 Å². The molecular weight excluding hydrogens is 468 g/mol. The molecule has 1 aliphatic heterocycles. The summed E-state index contributed by atoms with van der Waals surface area (Å²) in [7, 11) is 0. The highest BCUT2D eigenvalue weighted by molar-refractivity contribution is 6.23. The SMILES string of the molecule is C=Cc1ccc2c(c1)C=C/C(=C/C1=C(O)C(=C/c3ccc4cc(C=C)ccc4[n+]3CCC)/C1=O)N2CCC. The molecule has 0 amide bonds. The fraction of sp³-hybridized carbons (Fsp3) is 0.176. The van der Waals surface area contributed by atoms with E-state index in [-0.39, 0.29) is 11.5 Å². The van der Waals surface area contributed by atoms with Crippen LogP contribution in [0.4, 0.5) is 5.69 Å². The Hall–Kier alpha value is -4.44. The molecule has 1 aliphatic carbocycles. The van der Waals surface area contributed by atoms with E-state index in [0.29, 0.717) is 11.1 Å². The van der Waals surface area contributed by atoms with Gasteiger partial charge in [0.15, 0.2) is 0 Å². The van der Waals surface area contributed by atoms with Crippen molar-refractivity contribution in [1.29, 1.82) is 0 Å². The molecule has 2 aliphatic rings. The summed E-state index contributed by atoms with van der Waals surface area (Å²) in [4.78, 5) is 15.5. The summed E-state index contributed by atoms with van der Waals surface area (Å²) in [5.41, 5.74) is 7.91. The van der Waals surface area contributed by atoms with Crippen LogP contribution in [0, 0.1) is 0 Å². The maximum atomic E-state index is 13.3. The van der Waals surface area contributed by atoms with Gasteiger partial charge in [0.2, 0.25) is 17.0 Å². The van der Waals surface area contributed by atoms with Crippen molar-refractivity contribution in [2.45, 2.75) is 33.2 Å². The van der Waals surface area contributed by atoms with Gasteiger partial charge in [-0.2, -0.15) is 4.57 Å². The van der Waals surface area contributed by atoms with Crippen molar-refractivity contribution < 1.29 is 14.5 Å². The molecule has 5 rings (SSSR count). The molecule has 4 heteroatoms. The first-order chi connectivity index (χ1) is 18.5. The molecule has 0 saturated heterocycles. The number of nitrogens with zero attached hydrogens (tertiary/aromatic N) is 2. The van der Waals surface area contributed by atoms with Crippen LogP contribution in [0.3, 0.4) is 0 Å². The minimum absolute atomic E-state index is 0.0466. The topological polar surface area (TPSA) is 44.4 Å². The second-order valence-corrected chi connectivity index (χ2v) is 9.66. The highest BCUT2D eigenvalue weighted by atomic mass is 16.3. The van der Waals surface area contributed by atoms with Gasteiger partial charge in [0, 0.05) is 47.9 Å². The molecule has 0 fully saturated rings. The Labute approximate surface area is 224 Å². The van der Waals surface area contributed by atoms with E-state index in [0.717, 1.165) is 70.6 Å². The lowest BCUT2D eigenvalue weighted by Gasteiger charge is -2.31. The number of carbonyl (C=O) groups excluding carboxylic acids is 1. The molecular formula is C34H33N2O2+. The molecule has 2 aromatic carbocycles. The Bertz CT molecular complexity index is 1600. The fourth-order valence-electron chi connectivity index (χ4n) is 5.17. The van der Waals surface area contributed by atoms with E-state index < -0.39 is 0 Å². The second-order valence-electron chi connectivity index (χ2n) is 9.66. The van der Waals surface area contributed by atoms with Gasteiger partial charge in [-0.15, -0.1) is 0 Å². The average Bonchev–Trinajstić information content (AvgIpc) is 2.95. The molecule has 0 radical (unpaired) electrons. The van der Waals surface area contributed by atoms with E-state index in [1.165, 1.54) is 0 Å². The number of carbonyl (C=O) groups is 1. The maximum absolute atomic E-state index is 13.3. The molecule has 1 aromatic heterocycles. The number of aromatic nitrogens is 1. The molecule has 4 nitrogen and oxygen atoms in total. The molecule has 1 N–H and O–H groups in total. The number of aryl methyl sites for hydroxylation is 1. The average molecular weight is 502 g/mol. The van der Waals surface area contributed by atoms with Crippen LogP contribution in [0.5, 0.6) is 0 Å². The lowest BCUT2D eigenvalue weighted by atomic mass is 9.86. The van der Waals surface area contributed by atoms with E-state index >= 15 is 0 Å². The third-order valence-corrected chi connectivity index (χ3v) is 7.13. The Kier molecular flexibility index (Phi) is 6.97. The first-order valence-electron chi connectivity index (χ1n) is 13.2. The van der Waals surface area contributed by atoms with Crippen molar-refractivity contribution in [2.24, 2.45) is 0 Å². The summed E-state index contributed by atoms with van der Waals surface area (Å²) in [6, 6.07) is 16.6. The van der Waals surface area contributed by atoms with Crippen molar-refractivity contribution >= 4 is 46.7 Å². The molecule has 3 aromatic rings. The lowest BCUT2D eigenvalue weighted by molar-refractivity contribution is -0.673. The number of ketones is 1. The molecule has 0 bridgehead atoms. The van der Waals surface area contributed by atoms with Crippen LogP contribution in [-0.4, -0.2) is 17.4 Å². The molecule has 38 heavy (non-hydrogen) atoms. The number of hydrogen-bond donors (Lipinski definition) is 1. The van der Waals surface area contributed by atoms with E-state index in [2.05, 4.69) is 72.9 Å². The maximum Gasteiger partial charge on any atom is 0.212 e. The highest BCUT2D eigenvalue weighted by Gasteiger charge is 2.34. The van der Waals surface area contributed by atoms with Gasteiger partial charge < -0.3 is 10.0 Å². The van der Waals surface area contributed by atoms with Crippen molar-refractivity contribution in [3.63, 3.8) is 0 Å². The molecule has 2 heterocycles. The third-order valence-electron chi connectivity index (χ3n) is 7.13. The van der Waals surface area contributed by atoms with Crippen molar-refractivity contribution in [2.75, 3.05) is 11.4 Å². The summed E-state index contributed by atoms with van der Waals surface area (Å²) < 4.78 is 2.20. The predicted octanol–water partition coefficient (Wildman–Crippen LogP) is 7.43. The van der Waals surface area contributed by atoms with Crippen molar-refractivity contribution in [1.82, 2.24) is 0 Å². The summed E-state index contributed by atoms with van der Waals surface area (Å²) in [5.74, 6) is -0.0943. The number of aliphatic hydroxyl groups excluding tert-OH is 1. The van der Waals surface area contributed by atoms with E-state index in [4.69, 9.17) is 0 Å². The zero-order valence-corrected chi connectivity index (χ0v) is 22.1. The van der Waals surface area contributed by atoms with E-state index in [1.54, 1.807) is 0 Å². The molecule has 190 valence electrons. The number of allylic oxidation sites excluding steroid dienone is 4. The molecule has 0 spiro atoms. The largest absolute Gasteiger partial charge is 0.506 e. The second kappa shape index (κ2) is 10.5. The monoisotopic (exact) mass is 501 g/mol. The van der Waals surface area contributed by atoms with Gasteiger partial charge in [0.25, 0.3) is 0 Å². The van der Waals surface area contributed by atoms with Crippen LogP contribution in [0.1, 0.15) is 49.1 Å².